The number of Topliss-reactive ketones (excluding diaryl/α,β-unsaturated/α-hetero) is 4. The highest BCUT2D eigenvalue weighted by Crippen LogP contribution is 2.54. The van der Waals surface area contributed by atoms with Crippen molar-refractivity contribution in [2.45, 2.75) is 37.1 Å². The lowest BCUT2D eigenvalue weighted by molar-refractivity contribution is -0.196. The molecule has 4 rings (SSSR count). The molecule has 0 radical (unpaired) electrons. The lowest BCUT2D eigenvalue weighted by Gasteiger charge is -2.56. The van der Waals surface area contributed by atoms with Crippen molar-refractivity contribution < 1.29 is 39.3 Å². The van der Waals surface area contributed by atoms with E-state index in [1.165, 1.54) is 19.0 Å². The van der Waals surface area contributed by atoms with Crippen molar-refractivity contribution >= 4 is 29.0 Å². The Morgan fingerprint density at radius 2 is 1.76 bits per heavy atom. The van der Waals surface area contributed by atoms with Crippen LogP contribution < -0.4 is 11.5 Å². The number of benzene rings is 1. The predicted octanol–water partition coefficient (Wildman–Crippen LogP) is -2.14. The minimum Gasteiger partial charge on any atom is -0.507 e. The Hall–Kier alpha value is -2.99. The number of aliphatic hydroxyl groups excluding tert-OH is 1. The molecule has 11 nitrogen and oxygen atoms in total. The summed E-state index contributed by atoms with van der Waals surface area (Å²) < 4.78 is 0. The second-order valence-electron chi connectivity index (χ2n) is 9.61. The predicted molar refractivity (Wildman–Crippen MR) is 115 cm³/mol. The molecule has 2 saturated carbocycles. The summed E-state index contributed by atoms with van der Waals surface area (Å²) in [4.78, 5) is 66.9. The number of hydrogen-bond acceptors (Lipinski definition) is 10. The van der Waals surface area contributed by atoms with Gasteiger partial charge in [-0.2, -0.15) is 0 Å². The van der Waals surface area contributed by atoms with Crippen molar-refractivity contribution in [2.24, 2.45) is 35.1 Å². The zero-order valence-corrected chi connectivity index (χ0v) is 18.9. The number of nitrogens with two attached hydrogens (primary N) is 2. The van der Waals surface area contributed by atoms with E-state index in [1.807, 2.05) is 0 Å². The Kier molecular flexibility index (Phi) is 5.52. The van der Waals surface area contributed by atoms with E-state index in [9.17, 15) is 39.3 Å². The third kappa shape index (κ3) is 2.81. The van der Waals surface area contributed by atoms with Gasteiger partial charge in [-0.25, -0.2) is 0 Å². The number of primary amides is 1. The number of amides is 1. The third-order valence-corrected chi connectivity index (χ3v) is 7.79. The molecule has 0 spiro atoms. The number of phenolic OH excluding ortho intramolecular Hbond substituents is 1. The zero-order chi connectivity index (χ0) is 25.4. The smallest absolute Gasteiger partial charge is 0.235 e. The lowest BCUT2D eigenvalue weighted by Crippen LogP contribution is -2.77. The Morgan fingerprint density at radius 1 is 1.15 bits per heavy atom. The number of hydrogen-bond donors (Lipinski definition) is 5. The van der Waals surface area contributed by atoms with Gasteiger partial charge in [0.25, 0.3) is 0 Å². The second kappa shape index (κ2) is 7.77. The van der Waals surface area contributed by atoms with Crippen LogP contribution in [0.25, 0.3) is 0 Å². The van der Waals surface area contributed by atoms with Crippen LogP contribution in [0.2, 0.25) is 0 Å². The summed E-state index contributed by atoms with van der Waals surface area (Å²) in [7, 11) is 2.88. The number of fused-ring (bicyclic) bond motifs is 3. The molecule has 11 heteroatoms. The van der Waals surface area contributed by atoms with E-state index < -0.39 is 82.1 Å². The number of aliphatic hydroxyl groups is 2. The average Bonchev–Trinajstić information content (AvgIpc) is 2.75. The van der Waals surface area contributed by atoms with Gasteiger partial charge in [0.1, 0.15) is 5.75 Å². The number of rotatable bonds is 3. The molecule has 1 aromatic carbocycles. The molecule has 3 aliphatic rings. The Balaban J connectivity index is 1.96. The van der Waals surface area contributed by atoms with Crippen molar-refractivity contribution in [3.63, 3.8) is 0 Å². The van der Waals surface area contributed by atoms with Crippen molar-refractivity contribution in [1.82, 2.24) is 4.90 Å². The van der Waals surface area contributed by atoms with E-state index in [1.54, 1.807) is 19.1 Å². The molecule has 34 heavy (non-hydrogen) atoms. The van der Waals surface area contributed by atoms with Crippen LogP contribution in [0.5, 0.6) is 5.75 Å². The summed E-state index contributed by atoms with van der Waals surface area (Å²) in [5.74, 6) is -13.4. The lowest BCUT2D eigenvalue weighted by atomic mass is 9.49. The van der Waals surface area contributed by atoms with Gasteiger partial charge in [0.05, 0.1) is 29.5 Å². The molecular weight excluding hydrogens is 446 g/mol. The van der Waals surface area contributed by atoms with Gasteiger partial charge in [-0.1, -0.05) is 19.1 Å². The molecule has 182 valence electrons. The number of aromatic hydroxyl groups is 1. The van der Waals surface area contributed by atoms with Crippen molar-refractivity contribution in [1.29, 1.82) is 0 Å². The summed E-state index contributed by atoms with van der Waals surface area (Å²) in [5, 5.41) is 33.6. The summed E-state index contributed by atoms with van der Waals surface area (Å²) in [6, 6.07) is 1.73. The standard InChI is InChI=1S/C23H27N3O8/c1-7-9-5-4-8(6-24)16(27)11(9)17(28)12-10(7)18(29)14-15(26(2)3)19(30)13(22(25)33)21(32)23(14,34)20(12)31/h4-5,7,10,12-15,18,27,29,34H,6,24H2,1-3H3,(H2,25,33). The van der Waals surface area contributed by atoms with E-state index in [0.717, 1.165) is 0 Å². The van der Waals surface area contributed by atoms with Gasteiger partial charge in [0.15, 0.2) is 34.7 Å². The van der Waals surface area contributed by atoms with Crippen LogP contribution in [0.3, 0.4) is 0 Å². The van der Waals surface area contributed by atoms with E-state index in [4.69, 9.17) is 11.5 Å². The monoisotopic (exact) mass is 473 g/mol. The Labute approximate surface area is 194 Å². The number of carbonyl (C=O) groups is 5. The topological polar surface area (TPSA) is 201 Å². The Bertz CT molecular complexity index is 1150. The van der Waals surface area contributed by atoms with Crippen LogP contribution in [0.1, 0.15) is 34.3 Å². The fourth-order valence-corrected chi connectivity index (χ4v) is 6.20. The summed E-state index contributed by atoms with van der Waals surface area (Å²) >= 11 is 0. The molecule has 3 aliphatic carbocycles. The minimum absolute atomic E-state index is 0.0805. The second-order valence-corrected chi connectivity index (χ2v) is 9.61. The molecule has 0 heterocycles. The van der Waals surface area contributed by atoms with Crippen molar-refractivity contribution in [3.05, 3.63) is 28.8 Å². The van der Waals surface area contributed by atoms with Gasteiger partial charge in [0.2, 0.25) is 5.91 Å². The highest BCUT2D eigenvalue weighted by molar-refractivity contribution is 6.32. The van der Waals surface area contributed by atoms with E-state index >= 15 is 0 Å². The molecule has 0 aromatic heterocycles. The van der Waals surface area contributed by atoms with Gasteiger partial charge < -0.3 is 26.8 Å². The van der Waals surface area contributed by atoms with Crippen LogP contribution in [0.15, 0.2) is 12.1 Å². The molecule has 0 saturated heterocycles. The van der Waals surface area contributed by atoms with Gasteiger partial charge in [-0.15, -0.1) is 0 Å². The number of ketones is 4. The van der Waals surface area contributed by atoms with Gasteiger partial charge in [-0.3, -0.25) is 28.9 Å². The van der Waals surface area contributed by atoms with Gasteiger partial charge in [0, 0.05) is 18.0 Å². The largest absolute Gasteiger partial charge is 0.507 e. The maximum absolute atomic E-state index is 13.8. The molecular formula is C23H27N3O8. The summed E-state index contributed by atoms with van der Waals surface area (Å²) in [6.07, 6.45) is -1.65. The van der Waals surface area contributed by atoms with Crippen molar-refractivity contribution in [2.75, 3.05) is 14.1 Å². The number of phenols is 1. The van der Waals surface area contributed by atoms with Crippen LogP contribution in [-0.4, -0.2) is 81.1 Å². The van der Waals surface area contributed by atoms with Crippen molar-refractivity contribution in [3.8, 4) is 5.75 Å². The average molecular weight is 473 g/mol. The SMILES string of the molecule is CC1c2ccc(CN)c(O)c2C(=O)C2C(=O)C3(O)C(=O)C(C(N)=O)C(=O)C(N(C)C)C3C(O)C21. The number of carbonyl (C=O) groups excluding carboxylic acids is 5. The first-order valence-corrected chi connectivity index (χ1v) is 10.9. The molecule has 8 unspecified atom stereocenters. The first-order chi connectivity index (χ1) is 15.8. The maximum Gasteiger partial charge on any atom is 0.235 e. The number of likely N-dealkylation sites (N-methyl/N-ethyl adjacent to an activating group) is 1. The van der Waals surface area contributed by atoms with E-state index in [0.29, 0.717) is 5.56 Å². The fourth-order valence-electron chi connectivity index (χ4n) is 6.20. The first kappa shape index (κ1) is 24.1. The van der Waals surface area contributed by atoms with Crippen LogP contribution in [-0.2, 0) is 25.7 Å². The molecule has 1 aromatic rings. The first-order valence-electron chi connectivity index (χ1n) is 10.9. The molecule has 1 amide bonds. The van der Waals surface area contributed by atoms with Gasteiger partial charge in [-0.05, 0) is 25.6 Å². The third-order valence-electron chi connectivity index (χ3n) is 7.79. The highest BCUT2D eigenvalue weighted by atomic mass is 16.3. The minimum atomic E-state index is -3.00. The Morgan fingerprint density at radius 3 is 2.29 bits per heavy atom. The van der Waals surface area contributed by atoms with Gasteiger partial charge >= 0.3 is 0 Å². The van der Waals surface area contributed by atoms with E-state index in [2.05, 4.69) is 0 Å². The summed E-state index contributed by atoms with van der Waals surface area (Å²) in [5.41, 5.74) is 8.38. The molecule has 7 N–H and O–H groups in total. The summed E-state index contributed by atoms with van der Waals surface area (Å²) in [6.45, 7) is 1.57. The highest BCUT2D eigenvalue weighted by Gasteiger charge is 2.72. The molecule has 0 bridgehead atoms. The number of nitrogens with zero attached hydrogens (tertiary/aromatic N) is 1. The molecule has 2 fully saturated rings. The molecule has 0 aliphatic heterocycles. The van der Waals surface area contributed by atoms with E-state index in [-0.39, 0.29) is 17.7 Å². The van der Waals surface area contributed by atoms with Crippen LogP contribution in [0.4, 0.5) is 0 Å². The quantitative estimate of drug-likeness (QED) is 0.301. The maximum atomic E-state index is 13.8. The normalized spacial score (nSPS) is 37.3. The fraction of sp³-hybridized carbons (Fsp3) is 0.522. The zero-order valence-electron chi connectivity index (χ0n) is 18.9. The molecule has 8 atom stereocenters. The van der Waals surface area contributed by atoms with Crippen LogP contribution in [0, 0.1) is 23.7 Å². The van der Waals surface area contributed by atoms with Crippen LogP contribution >= 0.6 is 0 Å².